The minimum absolute atomic E-state index is 0.113. The fourth-order valence-electron chi connectivity index (χ4n) is 1.20. The van der Waals surface area contributed by atoms with E-state index in [-0.39, 0.29) is 18.5 Å². The molecule has 1 N–H and O–H groups in total. The third-order valence-corrected chi connectivity index (χ3v) is 3.84. The standard InChI is InChI=1S/C8H7BrN2O2S/c9-5-1-2-14-6(5)4-11-7(12)3-10-8(11)13/h1-2H,3-4H2,(H,10,13). The van der Waals surface area contributed by atoms with Crippen LogP contribution in [0.25, 0.3) is 0 Å². The van der Waals surface area contributed by atoms with Crippen molar-refractivity contribution in [1.29, 1.82) is 0 Å². The number of amides is 3. The van der Waals surface area contributed by atoms with Crippen molar-refractivity contribution in [2.24, 2.45) is 0 Å². The molecule has 1 saturated heterocycles. The summed E-state index contributed by atoms with van der Waals surface area (Å²) in [5.41, 5.74) is 0. The summed E-state index contributed by atoms with van der Waals surface area (Å²) in [5, 5.41) is 4.39. The summed E-state index contributed by atoms with van der Waals surface area (Å²) in [5.74, 6) is -0.171. The van der Waals surface area contributed by atoms with Gasteiger partial charge in [-0.15, -0.1) is 11.3 Å². The molecular formula is C8H7BrN2O2S. The second kappa shape index (κ2) is 3.70. The smallest absolute Gasteiger partial charge is 0.324 e. The number of hydrogen-bond donors (Lipinski definition) is 1. The molecule has 2 heterocycles. The number of urea groups is 1. The molecule has 74 valence electrons. The molecule has 1 fully saturated rings. The van der Waals surface area contributed by atoms with Crippen molar-refractivity contribution in [3.05, 3.63) is 20.8 Å². The molecule has 14 heavy (non-hydrogen) atoms. The van der Waals surface area contributed by atoms with E-state index in [9.17, 15) is 9.59 Å². The van der Waals surface area contributed by atoms with E-state index < -0.39 is 0 Å². The highest BCUT2D eigenvalue weighted by Gasteiger charge is 2.28. The highest BCUT2D eigenvalue weighted by Crippen LogP contribution is 2.24. The van der Waals surface area contributed by atoms with Crippen LogP contribution in [0, 0.1) is 0 Å². The first-order chi connectivity index (χ1) is 6.68. The zero-order valence-corrected chi connectivity index (χ0v) is 9.52. The van der Waals surface area contributed by atoms with Gasteiger partial charge in [-0.1, -0.05) is 0 Å². The summed E-state index contributed by atoms with van der Waals surface area (Å²) < 4.78 is 0.940. The fourth-order valence-corrected chi connectivity index (χ4v) is 2.66. The lowest BCUT2D eigenvalue weighted by Crippen LogP contribution is -2.30. The Morgan fingerprint density at radius 1 is 1.57 bits per heavy atom. The Hall–Kier alpha value is -0.880. The molecule has 0 aliphatic carbocycles. The molecular weight excluding hydrogens is 268 g/mol. The Morgan fingerprint density at radius 2 is 2.36 bits per heavy atom. The van der Waals surface area contributed by atoms with Crippen molar-refractivity contribution in [3.63, 3.8) is 0 Å². The van der Waals surface area contributed by atoms with Gasteiger partial charge < -0.3 is 5.32 Å². The van der Waals surface area contributed by atoms with Crippen LogP contribution < -0.4 is 5.32 Å². The van der Waals surface area contributed by atoms with Crippen molar-refractivity contribution in [2.45, 2.75) is 6.54 Å². The van der Waals surface area contributed by atoms with E-state index in [0.29, 0.717) is 6.54 Å². The van der Waals surface area contributed by atoms with Gasteiger partial charge in [-0.2, -0.15) is 0 Å². The van der Waals surface area contributed by atoms with Crippen LogP contribution in [0.15, 0.2) is 15.9 Å². The molecule has 0 bridgehead atoms. The molecule has 1 aliphatic rings. The summed E-state index contributed by atoms with van der Waals surface area (Å²) in [4.78, 5) is 24.7. The Bertz CT molecular complexity index is 374. The van der Waals surface area contributed by atoms with E-state index in [0.717, 1.165) is 9.35 Å². The van der Waals surface area contributed by atoms with E-state index in [2.05, 4.69) is 21.2 Å². The molecule has 1 aromatic rings. The van der Waals surface area contributed by atoms with Gasteiger partial charge in [0.25, 0.3) is 0 Å². The summed E-state index contributed by atoms with van der Waals surface area (Å²) in [6.07, 6.45) is 0. The molecule has 6 heteroatoms. The Balaban J connectivity index is 2.15. The maximum atomic E-state index is 11.3. The predicted octanol–water partition coefficient (Wildman–Crippen LogP) is 1.56. The van der Waals surface area contributed by atoms with Crippen LogP contribution >= 0.6 is 27.3 Å². The minimum Gasteiger partial charge on any atom is -0.329 e. The quantitative estimate of drug-likeness (QED) is 0.833. The van der Waals surface area contributed by atoms with Crippen LogP contribution in [-0.2, 0) is 11.3 Å². The molecule has 0 radical (unpaired) electrons. The lowest BCUT2D eigenvalue weighted by atomic mass is 10.4. The number of nitrogens with one attached hydrogen (secondary N) is 1. The molecule has 0 unspecified atom stereocenters. The summed E-state index contributed by atoms with van der Waals surface area (Å²) in [6.45, 7) is 0.463. The number of halogens is 1. The normalized spacial score (nSPS) is 16.2. The highest BCUT2D eigenvalue weighted by molar-refractivity contribution is 9.10. The number of carbonyl (C=O) groups excluding carboxylic acids is 2. The first-order valence-corrected chi connectivity index (χ1v) is 5.66. The third-order valence-electron chi connectivity index (χ3n) is 1.93. The van der Waals surface area contributed by atoms with Crippen LogP contribution in [0.5, 0.6) is 0 Å². The molecule has 0 spiro atoms. The van der Waals surface area contributed by atoms with E-state index >= 15 is 0 Å². The predicted molar refractivity (Wildman–Crippen MR) is 56.0 cm³/mol. The van der Waals surface area contributed by atoms with Gasteiger partial charge in [0.2, 0.25) is 5.91 Å². The molecule has 0 aromatic carbocycles. The minimum atomic E-state index is -0.310. The number of rotatable bonds is 2. The van der Waals surface area contributed by atoms with Crippen LogP contribution in [0.3, 0.4) is 0 Å². The second-order valence-electron chi connectivity index (χ2n) is 2.83. The number of thiophene rings is 1. The Morgan fingerprint density at radius 3 is 2.86 bits per heavy atom. The van der Waals surface area contributed by atoms with Crippen LogP contribution in [0.4, 0.5) is 4.79 Å². The molecule has 1 aliphatic heterocycles. The van der Waals surface area contributed by atoms with E-state index in [1.807, 2.05) is 11.4 Å². The lowest BCUT2D eigenvalue weighted by Gasteiger charge is -2.10. The van der Waals surface area contributed by atoms with E-state index in [1.165, 1.54) is 16.2 Å². The maximum Gasteiger partial charge on any atom is 0.324 e. The monoisotopic (exact) mass is 274 g/mol. The van der Waals surface area contributed by atoms with Gasteiger partial charge in [-0.25, -0.2) is 4.79 Å². The number of hydrogen-bond acceptors (Lipinski definition) is 3. The SMILES string of the molecule is O=C1CNC(=O)N1Cc1sccc1Br. The second-order valence-corrected chi connectivity index (χ2v) is 4.69. The molecule has 2 rings (SSSR count). The Labute approximate surface area is 93.0 Å². The maximum absolute atomic E-state index is 11.3. The first kappa shape index (κ1) is 9.67. The van der Waals surface area contributed by atoms with Gasteiger partial charge in [0, 0.05) is 9.35 Å². The van der Waals surface area contributed by atoms with Gasteiger partial charge >= 0.3 is 6.03 Å². The van der Waals surface area contributed by atoms with E-state index in [4.69, 9.17) is 0 Å². The molecule has 0 saturated carbocycles. The van der Waals surface area contributed by atoms with Gasteiger partial charge in [-0.05, 0) is 27.4 Å². The van der Waals surface area contributed by atoms with Crippen molar-refractivity contribution in [3.8, 4) is 0 Å². The molecule has 1 aromatic heterocycles. The van der Waals surface area contributed by atoms with Gasteiger partial charge in [-0.3, -0.25) is 9.69 Å². The molecule has 4 nitrogen and oxygen atoms in total. The summed E-state index contributed by atoms with van der Waals surface area (Å²) in [7, 11) is 0. The van der Waals surface area contributed by atoms with E-state index in [1.54, 1.807) is 0 Å². The summed E-state index contributed by atoms with van der Waals surface area (Å²) in [6, 6.07) is 1.59. The van der Waals surface area contributed by atoms with Gasteiger partial charge in [0.1, 0.15) is 0 Å². The number of nitrogens with zero attached hydrogens (tertiary/aromatic N) is 1. The third kappa shape index (κ3) is 1.67. The van der Waals surface area contributed by atoms with Gasteiger partial charge in [0.05, 0.1) is 13.1 Å². The van der Waals surface area contributed by atoms with Crippen LogP contribution in [-0.4, -0.2) is 23.4 Å². The number of carbonyl (C=O) groups is 2. The van der Waals surface area contributed by atoms with Gasteiger partial charge in [0.15, 0.2) is 0 Å². The zero-order valence-electron chi connectivity index (χ0n) is 7.12. The fraction of sp³-hybridized carbons (Fsp3) is 0.250. The topological polar surface area (TPSA) is 49.4 Å². The highest BCUT2D eigenvalue weighted by atomic mass is 79.9. The average molecular weight is 275 g/mol. The van der Waals surface area contributed by atoms with Crippen molar-refractivity contribution in [1.82, 2.24) is 10.2 Å². The lowest BCUT2D eigenvalue weighted by molar-refractivity contribution is -0.125. The van der Waals surface area contributed by atoms with Crippen molar-refractivity contribution in [2.75, 3.05) is 6.54 Å². The first-order valence-electron chi connectivity index (χ1n) is 3.98. The Kier molecular flexibility index (Phi) is 2.56. The van der Waals surface area contributed by atoms with Crippen LogP contribution in [0.2, 0.25) is 0 Å². The molecule has 0 atom stereocenters. The van der Waals surface area contributed by atoms with Crippen LogP contribution in [0.1, 0.15) is 4.88 Å². The largest absolute Gasteiger partial charge is 0.329 e. The van der Waals surface area contributed by atoms with Crippen molar-refractivity contribution < 1.29 is 9.59 Å². The number of imide groups is 1. The summed E-state index contributed by atoms with van der Waals surface area (Å²) >= 11 is 4.87. The van der Waals surface area contributed by atoms with Crippen molar-refractivity contribution >= 4 is 39.2 Å². The average Bonchev–Trinajstić information content (AvgIpc) is 2.67. The molecule has 3 amide bonds. The zero-order chi connectivity index (χ0) is 10.1.